The summed E-state index contributed by atoms with van der Waals surface area (Å²) in [4.78, 5) is 10.3. The highest BCUT2D eigenvalue weighted by atomic mass is 32.2. The lowest BCUT2D eigenvalue weighted by atomic mass is 10.3. The van der Waals surface area contributed by atoms with Gasteiger partial charge >= 0.3 is 5.97 Å². The van der Waals surface area contributed by atoms with Crippen LogP contribution in [0.15, 0.2) is 12.7 Å². The van der Waals surface area contributed by atoms with E-state index in [9.17, 15) is 4.79 Å². The van der Waals surface area contributed by atoms with Crippen molar-refractivity contribution in [1.29, 1.82) is 0 Å². The van der Waals surface area contributed by atoms with Crippen molar-refractivity contribution in [2.45, 2.75) is 18.9 Å². The highest BCUT2D eigenvalue weighted by molar-refractivity contribution is 7.99. The van der Waals surface area contributed by atoms with Gasteiger partial charge in [-0.15, -0.1) is 6.58 Å². The van der Waals surface area contributed by atoms with Crippen LogP contribution in [-0.4, -0.2) is 28.6 Å². The molecule has 0 bridgehead atoms. The van der Waals surface area contributed by atoms with Gasteiger partial charge in [0.1, 0.15) is 6.04 Å². The molecular weight excluding hydrogens is 174 g/mol. The number of aliphatic carboxylic acids is 1. The van der Waals surface area contributed by atoms with Gasteiger partial charge in [-0.05, 0) is 18.6 Å². The van der Waals surface area contributed by atoms with Gasteiger partial charge in [0.25, 0.3) is 0 Å². The summed E-state index contributed by atoms with van der Waals surface area (Å²) in [6, 6.07) is -0.723. The van der Waals surface area contributed by atoms with Crippen LogP contribution in [0.3, 0.4) is 0 Å². The molecule has 0 saturated heterocycles. The number of rotatable bonds is 7. The fraction of sp³-hybridized carbons (Fsp3) is 0.625. The van der Waals surface area contributed by atoms with Crippen molar-refractivity contribution in [3.05, 3.63) is 12.7 Å². The summed E-state index contributed by atoms with van der Waals surface area (Å²) in [5.74, 6) is 0.519. The molecule has 70 valence electrons. The van der Waals surface area contributed by atoms with E-state index in [1.807, 2.05) is 6.08 Å². The summed E-state index contributed by atoms with van der Waals surface area (Å²) >= 11 is 1.58. The first-order chi connectivity index (χ1) is 5.68. The van der Waals surface area contributed by atoms with Crippen molar-refractivity contribution >= 4 is 17.7 Å². The fourth-order valence-corrected chi connectivity index (χ4v) is 1.55. The van der Waals surface area contributed by atoms with E-state index < -0.39 is 12.0 Å². The highest BCUT2D eigenvalue weighted by Crippen LogP contribution is 2.05. The molecule has 0 aromatic carbocycles. The van der Waals surface area contributed by atoms with Crippen LogP contribution in [-0.2, 0) is 4.79 Å². The van der Waals surface area contributed by atoms with E-state index in [2.05, 4.69) is 6.58 Å². The van der Waals surface area contributed by atoms with Crippen LogP contribution in [0.25, 0.3) is 0 Å². The van der Waals surface area contributed by atoms with E-state index in [4.69, 9.17) is 10.8 Å². The molecule has 1 atom stereocenters. The van der Waals surface area contributed by atoms with E-state index in [0.29, 0.717) is 5.75 Å². The second-order valence-corrected chi connectivity index (χ2v) is 3.60. The standard InChI is InChI=1S/C8H15NO2S/c1-2-3-4-5-12-6-7(9)8(10)11/h2,7H,1,3-6,9H2,(H,10,11). The predicted molar refractivity (Wildman–Crippen MR) is 52.4 cm³/mol. The average molecular weight is 189 g/mol. The lowest BCUT2D eigenvalue weighted by Crippen LogP contribution is -2.32. The molecule has 0 aliphatic rings. The van der Waals surface area contributed by atoms with Crippen LogP contribution in [0.4, 0.5) is 0 Å². The fourth-order valence-electron chi connectivity index (χ4n) is 0.611. The van der Waals surface area contributed by atoms with Crippen LogP contribution >= 0.6 is 11.8 Å². The van der Waals surface area contributed by atoms with Gasteiger partial charge < -0.3 is 10.8 Å². The Morgan fingerprint density at radius 1 is 1.75 bits per heavy atom. The van der Waals surface area contributed by atoms with Crippen molar-refractivity contribution in [3.63, 3.8) is 0 Å². The lowest BCUT2D eigenvalue weighted by Gasteiger charge is -2.04. The maximum Gasteiger partial charge on any atom is 0.321 e. The van der Waals surface area contributed by atoms with Gasteiger partial charge in [-0.25, -0.2) is 0 Å². The lowest BCUT2D eigenvalue weighted by molar-refractivity contribution is -0.137. The first kappa shape index (κ1) is 11.5. The Balaban J connectivity index is 3.19. The van der Waals surface area contributed by atoms with Crippen molar-refractivity contribution in [2.75, 3.05) is 11.5 Å². The van der Waals surface area contributed by atoms with E-state index >= 15 is 0 Å². The molecule has 0 saturated carbocycles. The number of allylic oxidation sites excluding steroid dienone is 1. The van der Waals surface area contributed by atoms with Gasteiger partial charge in [0.15, 0.2) is 0 Å². The van der Waals surface area contributed by atoms with E-state index in [-0.39, 0.29) is 0 Å². The largest absolute Gasteiger partial charge is 0.480 e. The van der Waals surface area contributed by atoms with Crippen molar-refractivity contribution < 1.29 is 9.90 Å². The summed E-state index contributed by atoms with van der Waals surface area (Å²) < 4.78 is 0. The zero-order valence-corrected chi connectivity index (χ0v) is 7.85. The van der Waals surface area contributed by atoms with Gasteiger partial charge in [-0.3, -0.25) is 4.79 Å². The third kappa shape index (κ3) is 6.24. The van der Waals surface area contributed by atoms with Crippen molar-refractivity contribution in [1.82, 2.24) is 0 Å². The van der Waals surface area contributed by atoms with Crippen LogP contribution in [0.5, 0.6) is 0 Å². The molecule has 0 aromatic heterocycles. The molecule has 3 nitrogen and oxygen atoms in total. The Labute approximate surface area is 77.0 Å². The van der Waals surface area contributed by atoms with Crippen LogP contribution in [0.2, 0.25) is 0 Å². The van der Waals surface area contributed by atoms with Gasteiger partial charge in [0, 0.05) is 5.75 Å². The zero-order valence-electron chi connectivity index (χ0n) is 7.03. The van der Waals surface area contributed by atoms with Crippen LogP contribution in [0, 0.1) is 0 Å². The summed E-state index contributed by atoms with van der Waals surface area (Å²) in [7, 11) is 0. The third-order valence-electron chi connectivity index (χ3n) is 1.31. The number of carboxylic acid groups (broad SMARTS) is 1. The number of unbranched alkanes of at least 4 members (excludes halogenated alkanes) is 1. The quantitative estimate of drug-likeness (QED) is 0.465. The maximum absolute atomic E-state index is 10.3. The molecule has 0 amide bonds. The normalized spacial score (nSPS) is 12.4. The topological polar surface area (TPSA) is 63.3 Å². The molecule has 3 N–H and O–H groups in total. The first-order valence-electron chi connectivity index (χ1n) is 3.85. The SMILES string of the molecule is C=CCCCSCC(N)C(=O)O. The number of nitrogens with two attached hydrogens (primary N) is 1. The van der Waals surface area contributed by atoms with Gasteiger partial charge in [-0.2, -0.15) is 11.8 Å². The third-order valence-corrected chi connectivity index (χ3v) is 2.48. The van der Waals surface area contributed by atoms with Crippen molar-refractivity contribution in [3.8, 4) is 0 Å². The Bertz CT molecular complexity index is 150. The number of hydrogen-bond donors (Lipinski definition) is 2. The van der Waals surface area contributed by atoms with Crippen LogP contribution < -0.4 is 5.73 Å². The highest BCUT2D eigenvalue weighted by Gasteiger charge is 2.09. The molecule has 0 heterocycles. The zero-order chi connectivity index (χ0) is 9.40. The van der Waals surface area contributed by atoms with E-state index in [1.165, 1.54) is 0 Å². The minimum atomic E-state index is -0.925. The first-order valence-corrected chi connectivity index (χ1v) is 5.01. The molecule has 0 radical (unpaired) electrons. The number of carbonyl (C=O) groups is 1. The van der Waals surface area contributed by atoms with E-state index in [0.717, 1.165) is 18.6 Å². The summed E-state index contributed by atoms with van der Waals surface area (Å²) in [5.41, 5.74) is 5.29. The molecule has 4 heteroatoms. The second kappa shape index (κ2) is 7.18. The average Bonchev–Trinajstić information content (AvgIpc) is 2.03. The Kier molecular flexibility index (Phi) is 6.90. The molecule has 0 aromatic rings. The molecule has 0 aliphatic heterocycles. The second-order valence-electron chi connectivity index (χ2n) is 2.45. The van der Waals surface area contributed by atoms with Gasteiger partial charge in [0.2, 0.25) is 0 Å². The van der Waals surface area contributed by atoms with E-state index in [1.54, 1.807) is 11.8 Å². The molecule has 0 fully saturated rings. The molecule has 0 aliphatic carbocycles. The molecule has 1 unspecified atom stereocenters. The Morgan fingerprint density at radius 3 is 2.92 bits per heavy atom. The van der Waals surface area contributed by atoms with Gasteiger partial charge in [0.05, 0.1) is 0 Å². The summed E-state index contributed by atoms with van der Waals surface area (Å²) in [6.45, 7) is 3.59. The Hall–Kier alpha value is -0.480. The summed E-state index contributed by atoms with van der Waals surface area (Å²) in [6.07, 6.45) is 3.88. The predicted octanol–water partition coefficient (Wildman–Crippen LogP) is 1.10. The maximum atomic E-state index is 10.3. The minimum absolute atomic E-state index is 0.493. The number of thioether (sulfide) groups is 1. The number of carboxylic acids is 1. The Morgan fingerprint density at radius 2 is 2.42 bits per heavy atom. The van der Waals surface area contributed by atoms with Crippen molar-refractivity contribution in [2.24, 2.45) is 5.73 Å². The molecule has 0 spiro atoms. The van der Waals surface area contributed by atoms with Gasteiger partial charge in [-0.1, -0.05) is 6.08 Å². The van der Waals surface area contributed by atoms with Crippen LogP contribution in [0.1, 0.15) is 12.8 Å². The monoisotopic (exact) mass is 189 g/mol. The minimum Gasteiger partial charge on any atom is -0.480 e. The summed E-state index contributed by atoms with van der Waals surface area (Å²) in [5, 5.41) is 8.43. The molecule has 0 rings (SSSR count). The molecular formula is C8H15NO2S. The number of hydrogen-bond acceptors (Lipinski definition) is 3. The molecule has 12 heavy (non-hydrogen) atoms. The smallest absolute Gasteiger partial charge is 0.321 e.